The maximum Gasteiger partial charge on any atom is 0.123 e. The molecule has 2 aliphatic heterocycles. The van der Waals surface area contributed by atoms with Gasteiger partial charge in [0.05, 0.1) is 31.5 Å². The summed E-state index contributed by atoms with van der Waals surface area (Å²) in [5, 5.41) is 3.44. The van der Waals surface area contributed by atoms with E-state index < -0.39 is 0 Å². The summed E-state index contributed by atoms with van der Waals surface area (Å²) >= 11 is 0. The minimum Gasteiger partial charge on any atom is -0.378 e. The Kier molecular flexibility index (Phi) is 6.01. The fraction of sp³-hybridized carbons (Fsp3) is 0.455. The van der Waals surface area contributed by atoms with Gasteiger partial charge >= 0.3 is 0 Å². The SMILES string of the molecule is Fc1ccc(C(c2ccc(F)cc2)N2CCC3(CNCCOCCO3)C2)cc1. The van der Waals surface area contributed by atoms with Crippen molar-refractivity contribution in [1.29, 1.82) is 0 Å². The molecule has 1 N–H and O–H groups in total. The number of rotatable bonds is 3. The molecule has 2 aromatic rings. The van der Waals surface area contributed by atoms with Gasteiger partial charge < -0.3 is 14.8 Å². The second-order valence-electron chi connectivity index (χ2n) is 7.55. The number of ether oxygens (including phenoxy) is 2. The van der Waals surface area contributed by atoms with Crippen LogP contribution in [0.2, 0.25) is 0 Å². The van der Waals surface area contributed by atoms with Crippen molar-refractivity contribution < 1.29 is 18.3 Å². The summed E-state index contributed by atoms with van der Waals surface area (Å²) in [6.07, 6.45) is 0.902. The highest BCUT2D eigenvalue weighted by Crippen LogP contribution is 2.36. The van der Waals surface area contributed by atoms with E-state index in [9.17, 15) is 8.78 Å². The Labute approximate surface area is 164 Å². The first-order chi connectivity index (χ1) is 13.7. The van der Waals surface area contributed by atoms with Crippen LogP contribution in [-0.2, 0) is 9.47 Å². The second-order valence-corrected chi connectivity index (χ2v) is 7.55. The summed E-state index contributed by atoms with van der Waals surface area (Å²) in [7, 11) is 0. The molecule has 6 heteroatoms. The molecule has 2 heterocycles. The lowest BCUT2D eigenvalue weighted by Crippen LogP contribution is -2.46. The number of hydrogen-bond acceptors (Lipinski definition) is 4. The van der Waals surface area contributed by atoms with Crippen LogP contribution in [0.25, 0.3) is 0 Å². The molecule has 4 rings (SSSR count). The van der Waals surface area contributed by atoms with Crippen molar-refractivity contribution in [1.82, 2.24) is 10.2 Å². The van der Waals surface area contributed by atoms with E-state index in [0.29, 0.717) is 19.8 Å². The molecule has 0 amide bonds. The predicted octanol–water partition coefficient (Wildman–Crippen LogP) is 3.14. The van der Waals surface area contributed by atoms with E-state index >= 15 is 0 Å². The quantitative estimate of drug-likeness (QED) is 0.876. The van der Waals surface area contributed by atoms with E-state index in [1.54, 1.807) is 0 Å². The van der Waals surface area contributed by atoms with Crippen LogP contribution < -0.4 is 5.32 Å². The molecule has 1 unspecified atom stereocenters. The molecule has 0 saturated carbocycles. The molecule has 2 aromatic carbocycles. The Morgan fingerprint density at radius 3 is 2.18 bits per heavy atom. The number of hydrogen-bond donors (Lipinski definition) is 1. The first kappa shape index (κ1) is 19.5. The Balaban J connectivity index is 1.61. The van der Waals surface area contributed by atoms with E-state index in [-0.39, 0.29) is 23.3 Å². The van der Waals surface area contributed by atoms with Crippen molar-refractivity contribution in [2.45, 2.75) is 18.1 Å². The van der Waals surface area contributed by atoms with Crippen molar-refractivity contribution in [3.05, 3.63) is 71.3 Å². The first-order valence-electron chi connectivity index (χ1n) is 9.83. The zero-order valence-corrected chi connectivity index (χ0v) is 15.9. The maximum absolute atomic E-state index is 13.5. The van der Waals surface area contributed by atoms with Gasteiger partial charge in [-0.3, -0.25) is 4.90 Å². The van der Waals surface area contributed by atoms with E-state index in [2.05, 4.69) is 10.2 Å². The molecule has 1 atom stereocenters. The highest BCUT2D eigenvalue weighted by molar-refractivity contribution is 5.33. The summed E-state index contributed by atoms with van der Waals surface area (Å²) in [5.41, 5.74) is 1.71. The molecular formula is C22H26F2N2O2. The molecule has 0 radical (unpaired) electrons. The average Bonchev–Trinajstić information content (AvgIpc) is 3.15. The lowest BCUT2D eigenvalue weighted by atomic mass is 9.97. The highest BCUT2D eigenvalue weighted by atomic mass is 19.1. The summed E-state index contributed by atoms with van der Waals surface area (Å²) in [6.45, 7) is 5.05. The van der Waals surface area contributed by atoms with Crippen LogP contribution >= 0.6 is 0 Å². The summed E-state index contributed by atoms with van der Waals surface area (Å²) in [5.74, 6) is -0.522. The molecule has 1 spiro atoms. The molecule has 2 fully saturated rings. The van der Waals surface area contributed by atoms with Gasteiger partial charge in [0.2, 0.25) is 0 Å². The minimum atomic E-state index is -0.272. The molecular weight excluding hydrogens is 362 g/mol. The van der Waals surface area contributed by atoms with Crippen molar-refractivity contribution >= 4 is 0 Å². The van der Waals surface area contributed by atoms with Gasteiger partial charge in [0, 0.05) is 26.2 Å². The minimum absolute atomic E-state index is 0.0759. The average molecular weight is 388 g/mol. The standard InChI is InChI=1S/C22H26F2N2O2/c23-19-5-1-17(2-6-19)21(18-3-7-20(24)8-4-18)26-11-9-22(16-26)15-25-10-12-27-13-14-28-22/h1-8,21,25H,9-16H2. The van der Waals surface area contributed by atoms with Crippen molar-refractivity contribution in [3.63, 3.8) is 0 Å². The summed E-state index contributed by atoms with van der Waals surface area (Å²) in [6, 6.07) is 13.1. The van der Waals surface area contributed by atoms with Gasteiger partial charge in [-0.15, -0.1) is 0 Å². The molecule has 4 nitrogen and oxygen atoms in total. The molecule has 0 aliphatic carbocycles. The number of nitrogens with zero attached hydrogens (tertiary/aromatic N) is 1. The number of benzene rings is 2. The lowest BCUT2D eigenvalue weighted by Gasteiger charge is -2.33. The fourth-order valence-corrected chi connectivity index (χ4v) is 4.19. The fourth-order valence-electron chi connectivity index (χ4n) is 4.19. The topological polar surface area (TPSA) is 33.7 Å². The molecule has 150 valence electrons. The van der Waals surface area contributed by atoms with Crippen molar-refractivity contribution in [3.8, 4) is 0 Å². The molecule has 28 heavy (non-hydrogen) atoms. The van der Waals surface area contributed by atoms with E-state index in [0.717, 1.165) is 43.7 Å². The highest BCUT2D eigenvalue weighted by Gasteiger charge is 2.42. The van der Waals surface area contributed by atoms with E-state index in [4.69, 9.17) is 9.47 Å². The van der Waals surface area contributed by atoms with Crippen LogP contribution in [-0.4, -0.2) is 56.5 Å². The summed E-state index contributed by atoms with van der Waals surface area (Å²) < 4.78 is 38.7. The Bertz CT molecular complexity index is 712. The largest absolute Gasteiger partial charge is 0.378 e. The van der Waals surface area contributed by atoms with Crippen LogP contribution in [0, 0.1) is 11.6 Å². The molecule has 0 bridgehead atoms. The first-order valence-corrected chi connectivity index (χ1v) is 9.83. The Hall–Kier alpha value is -1.86. The van der Waals surface area contributed by atoms with Gasteiger partial charge in [-0.2, -0.15) is 0 Å². The Morgan fingerprint density at radius 2 is 1.54 bits per heavy atom. The predicted molar refractivity (Wildman–Crippen MR) is 103 cm³/mol. The Morgan fingerprint density at radius 1 is 0.893 bits per heavy atom. The van der Waals surface area contributed by atoms with Crippen LogP contribution in [0.5, 0.6) is 0 Å². The van der Waals surface area contributed by atoms with E-state index in [1.165, 1.54) is 24.3 Å². The third kappa shape index (κ3) is 4.41. The molecule has 0 aromatic heterocycles. The van der Waals surface area contributed by atoms with Crippen LogP contribution in [0.1, 0.15) is 23.6 Å². The van der Waals surface area contributed by atoms with Crippen LogP contribution in [0.3, 0.4) is 0 Å². The number of likely N-dealkylation sites (tertiary alicyclic amines) is 1. The number of nitrogens with one attached hydrogen (secondary N) is 1. The molecule has 2 aliphatic rings. The second kappa shape index (κ2) is 8.66. The van der Waals surface area contributed by atoms with Gasteiger partial charge in [-0.25, -0.2) is 8.78 Å². The number of halogens is 2. The van der Waals surface area contributed by atoms with E-state index in [1.807, 2.05) is 24.3 Å². The zero-order valence-electron chi connectivity index (χ0n) is 15.9. The lowest BCUT2D eigenvalue weighted by molar-refractivity contribution is -0.0516. The van der Waals surface area contributed by atoms with Crippen molar-refractivity contribution in [2.24, 2.45) is 0 Å². The van der Waals surface area contributed by atoms with Crippen molar-refractivity contribution in [2.75, 3.05) is 46.0 Å². The zero-order chi connectivity index (χ0) is 19.4. The summed E-state index contributed by atoms with van der Waals surface area (Å²) in [4.78, 5) is 2.35. The van der Waals surface area contributed by atoms with Gasteiger partial charge in [0.15, 0.2) is 0 Å². The maximum atomic E-state index is 13.5. The van der Waals surface area contributed by atoms with Crippen LogP contribution in [0.4, 0.5) is 8.78 Å². The van der Waals surface area contributed by atoms with Gasteiger partial charge in [0.1, 0.15) is 11.6 Å². The smallest absolute Gasteiger partial charge is 0.123 e. The molecule has 2 saturated heterocycles. The monoisotopic (exact) mass is 388 g/mol. The van der Waals surface area contributed by atoms with Gasteiger partial charge in [0.25, 0.3) is 0 Å². The normalized spacial score (nSPS) is 24.2. The third-order valence-electron chi connectivity index (χ3n) is 5.59. The van der Waals surface area contributed by atoms with Gasteiger partial charge in [-0.1, -0.05) is 24.3 Å². The van der Waals surface area contributed by atoms with Gasteiger partial charge in [-0.05, 0) is 41.8 Å². The van der Waals surface area contributed by atoms with Crippen LogP contribution in [0.15, 0.2) is 48.5 Å². The third-order valence-corrected chi connectivity index (χ3v) is 5.59.